The Morgan fingerprint density at radius 3 is 2.06 bits per heavy atom. The van der Waals surface area contributed by atoms with Gasteiger partial charge in [0.05, 0.1) is 24.8 Å². The fourth-order valence-corrected chi connectivity index (χ4v) is 4.90. The number of ether oxygens (including phenoxy) is 2. The van der Waals surface area contributed by atoms with E-state index in [0.29, 0.717) is 22.9 Å². The average molecular weight is 458 g/mol. The van der Waals surface area contributed by atoms with Crippen LogP contribution in [0, 0.1) is 6.92 Å². The van der Waals surface area contributed by atoms with Crippen molar-refractivity contribution in [2.45, 2.75) is 62.8 Å². The van der Waals surface area contributed by atoms with Crippen LogP contribution in [-0.2, 0) is 15.3 Å². The van der Waals surface area contributed by atoms with Crippen LogP contribution >= 0.6 is 0 Å². The van der Waals surface area contributed by atoms with Crippen molar-refractivity contribution in [3.63, 3.8) is 0 Å². The first kappa shape index (κ1) is 23.8. The molecule has 0 aliphatic carbocycles. The summed E-state index contributed by atoms with van der Waals surface area (Å²) >= 11 is 0. The number of hydrogen-bond acceptors (Lipinski definition) is 6. The van der Waals surface area contributed by atoms with Crippen molar-refractivity contribution in [1.29, 1.82) is 0 Å². The van der Waals surface area contributed by atoms with Crippen molar-refractivity contribution in [3.8, 4) is 17.2 Å². The summed E-state index contributed by atoms with van der Waals surface area (Å²) in [5.74, 6) is 1.45. The maximum absolute atomic E-state index is 13.3. The summed E-state index contributed by atoms with van der Waals surface area (Å²) in [6, 6.07) is 10.6. The lowest BCUT2D eigenvalue weighted by Crippen LogP contribution is -2.12. The van der Waals surface area contributed by atoms with Crippen molar-refractivity contribution >= 4 is 9.84 Å². The molecule has 0 spiro atoms. The van der Waals surface area contributed by atoms with E-state index in [1.807, 2.05) is 18.2 Å². The molecule has 0 atom stereocenters. The fraction of sp³-hybridized carbons (Fsp3) is 0.417. The summed E-state index contributed by atoms with van der Waals surface area (Å²) in [5, 5.41) is 8.09. The molecule has 0 radical (unpaired) electrons. The van der Waals surface area contributed by atoms with Crippen LogP contribution in [-0.4, -0.2) is 37.6 Å². The number of hydrogen-bond donors (Lipinski definition) is 0. The van der Waals surface area contributed by atoms with Gasteiger partial charge in [0.25, 0.3) is 0 Å². The van der Waals surface area contributed by atoms with Gasteiger partial charge in [-0.05, 0) is 42.0 Å². The lowest BCUT2D eigenvalue weighted by atomic mass is 9.87. The SMILES string of the molecule is COc1cc(-n2nnc(S(=O)(=O)c3ccc(C(C)(C)C)cc3)c2C)c(OC)cc1C(C)C. The number of benzene rings is 2. The molecule has 0 unspecified atom stereocenters. The zero-order valence-corrected chi connectivity index (χ0v) is 20.7. The third-order valence-electron chi connectivity index (χ3n) is 5.52. The van der Waals surface area contributed by atoms with Crippen molar-refractivity contribution in [2.24, 2.45) is 0 Å². The van der Waals surface area contributed by atoms with Gasteiger partial charge in [-0.25, -0.2) is 13.1 Å². The Morgan fingerprint density at radius 2 is 1.56 bits per heavy atom. The van der Waals surface area contributed by atoms with Gasteiger partial charge in [-0.2, -0.15) is 0 Å². The molecule has 0 saturated heterocycles. The van der Waals surface area contributed by atoms with Gasteiger partial charge in [0.1, 0.15) is 17.2 Å². The highest BCUT2D eigenvalue weighted by Crippen LogP contribution is 2.36. The van der Waals surface area contributed by atoms with E-state index in [4.69, 9.17) is 9.47 Å². The van der Waals surface area contributed by atoms with E-state index in [9.17, 15) is 8.42 Å². The molecule has 0 fully saturated rings. The van der Waals surface area contributed by atoms with Crippen LogP contribution in [0.1, 0.15) is 57.4 Å². The second kappa shape index (κ2) is 8.58. The van der Waals surface area contributed by atoms with Crippen LogP contribution in [0.4, 0.5) is 0 Å². The van der Waals surface area contributed by atoms with E-state index in [1.54, 1.807) is 39.3 Å². The van der Waals surface area contributed by atoms with Crippen LogP contribution in [0.2, 0.25) is 0 Å². The Bertz CT molecular complexity index is 1220. The van der Waals surface area contributed by atoms with Gasteiger partial charge >= 0.3 is 0 Å². The van der Waals surface area contributed by atoms with Crippen molar-refractivity contribution in [2.75, 3.05) is 14.2 Å². The normalized spacial score (nSPS) is 12.3. The molecule has 0 amide bonds. The first-order valence-corrected chi connectivity index (χ1v) is 11.9. The largest absolute Gasteiger partial charge is 0.496 e. The van der Waals surface area contributed by atoms with Gasteiger partial charge in [0.2, 0.25) is 14.9 Å². The maximum Gasteiger partial charge on any atom is 0.227 e. The summed E-state index contributed by atoms with van der Waals surface area (Å²) in [6.07, 6.45) is 0. The van der Waals surface area contributed by atoms with E-state index in [1.165, 1.54) is 4.68 Å². The van der Waals surface area contributed by atoms with Gasteiger partial charge in [-0.15, -0.1) is 5.10 Å². The quantitative estimate of drug-likeness (QED) is 0.526. The number of methoxy groups -OCH3 is 2. The Balaban J connectivity index is 2.10. The lowest BCUT2D eigenvalue weighted by Gasteiger charge is -2.19. The Morgan fingerprint density at radius 1 is 0.969 bits per heavy atom. The minimum Gasteiger partial charge on any atom is -0.496 e. The molecule has 3 aromatic rings. The molecule has 172 valence electrons. The van der Waals surface area contributed by atoms with Gasteiger partial charge in [-0.3, -0.25) is 0 Å². The molecule has 8 heteroatoms. The number of sulfone groups is 1. The summed E-state index contributed by atoms with van der Waals surface area (Å²) < 4.78 is 39.2. The predicted octanol–water partition coefficient (Wildman–Crippen LogP) is 4.85. The zero-order valence-electron chi connectivity index (χ0n) is 19.9. The summed E-state index contributed by atoms with van der Waals surface area (Å²) in [7, 11) is -0.677. The Labute approximate surface area is 190 Å². The molecule has 1 heterocycles. The van der Waals surface area contributed by atoms with Gasteiger partial charge in [-0.1, -0.05) is 52.0 Å². The van der Waals surface area contributed by atoms with Crippen molar-refractivity contribution in [1.82, 2.24) is 15.0 Å². The van der Waals surface area contributed by atoms with Crippen LogP contribution in [0.15, 0.2) is 46.3 Å². The Hall–Kier alpha value is -2.87. The molecular formula is C24H31N3O4S. The summed E-state index contributed by atoms with van der Waals surface area (Å²) in [5.41, 5.74) is 2.92. The third kappa shape index (κ3) is 4.24. The van der Waals surface area contributed by atoms with Crippen molar-refractivity contribution < 1.29 is 17.9 Å². The van der Waals surface area contributed by atoms with E-state index >= 15 is 0 Å². The van der Waals surface area contributed by atoms with Gasteiger partial charge in [0, 0.05) is 11.6 Å². The van der Waals surface area contributed by atoms with Gasteiger partial charge in [0.15, 0.2) is 0 Å². The predicted molar refractivity (Wildman–Crippen MR) is 124 cm³/mol. The smallest absolute Gasteiger partial charge is 0.227 e. The summed E-state index contributed by atoms with van der Waals surface area (Å²) in [6.45, 7) is 12.1. The monoisotopic (exact) mass is 457 g/mol. The molecule has 3 rings (SSSR count). The average Bonchev–Trinajstić information content (AvgIpc) is 3.14. The highest BCUT2D eigenvalue weighted by Gasteiger charge is 2.28. The minimum absolute atomic E-state index is 0.0703. The second-order valence-corrected chi connectivity index (χ2v) is 11.0. The topological polar surface area (TPSA) is 83.3 Å². The molecule has 0 aliphatic heterocycles. The van der Waals surface area contributed by atoms with Crippen LogP contribution in [0.3, 0.4) is 0 Å². The standard InChI is InChI=1S/C24H31N3O4S/c1-15(2)19-13-22(31-8)20(14-21(19)30-7)27-16(3)23(25-26-27)32(28,29)18-11-9-17(10-12-18)24(4,5)6/h9-15H,1-8H3. The lowest BCUT2D eigenvalue weighted by molar-refractivity contribution is 0.394. The number of rotatable bonds is 6. The number of aromatic nitrogens is 3. The molecule has 7 nitrogen and oxygen atoms in total. The van der Waals surface area contributed by atoms with E-state index in [-0.39, 0.29) is 21.3 Å². The third-order valence-corrected chi connectivity index (χ3v) is 7.30. The molecule has 0 saturated carbocycles. The van der Waals surface area contributed by atoms with E-state index in [2.05, 4.69) is 44.9 Å². The fourth-order valence-electron chi connectivity index (χ4n) is 3.56. The summed E-state index contributed by atoms with van der Waals surface area (Å²) in [4.78, 5) is 0.181. The molecule has 1 aromatic heterocycles. The minimum atomic E-state index is -3.84. The molecule has 0 bridgehead atoms. The van der Waals surface area contributed by atoms with E-state index < -0.39 is 9.84 Å². The van der Waals surface area contributed by atoms with Crippen LogP contribution in [0.5, 0.6) is 11.5 Å². The molecular weight excluding hydrogens is 426 g/mol. The van der Waals surface area contributed by atoms with Crippen molar-refractivity contribution in [3.05, 3.63) is 53.2 Å². The Kier molecular flexibility index (Phi) is 6.38. The first-order valence-electron chi connectivity index (χ1n) is 10.5. The second-order valence-electron chi connectivity index (χ2n) is 9.09. The zero-order chi connectivity index (χ0) is 23.8. The van der Waals surface area contributed by atoms with Gasteiger partial charge < -0.3 is 9.47 Å². The molecule has 2 aromatic carbocycles. The number of nitrogens with zero attached hydrogens (tertiary/aromatic N) is 3. The van der Waals surface area contributed by atoms with Crippen LogP contribution < -0.4 is 9.47 Å². The van der Waals surface area contributed by atoms with E-state index in [0.717, 1.165) is 11.1 Å². The molecule has 32 heavy (non-hydrogen) atoms. The highest BCUT2D eigenvalue weighted by molar-refractivity contribution is 7.91. The maximum atomic E-state index is 13.3. The highest BCUT2D eigenvalue weighted by atomic mass is 32.2. The first-order chi connectivity index (χ1) is 14.9. The van der Waals surface area contributed by atoms with Crippen LogP contribution in [0.25, 0.3) is 5.69 Å². The molecule has 0 aliphatic rings. The molecule has 0 N–H and O–H groups in total.